The molecular formula is C25H60O3. The lowest BCUT2D eigenvalue weighted by atomic mass is 9.81. The van der Waals surface area contributed by atoms with Crippen molar-refractivity contribution in [2.24, 2.45) is 11.3 Å². The molecule has 4 unspecified atom stereocenters. The van der Waals surface area contributed by atoms with E-state index in [-0.39, 0.29) is 44.6 Å². The Balaban J connectivity index is -0.0000000877. The Morgan fingerprint density at radius 3 is 1.50 bits per heavy atom. The molecule has 178 valence electrons. The van der Waals surface area contributed by atoms with Crippen molar-refractivity contribution in [1.29, 1.82) is 0 Å². The maximum atomic E-state index is 5.41. The van der Waals surface area contributed by atoms with Gasteiger partial charge in [0, 0.05) is 5.41 Å². The van der Waals surface area contributed by atoms with E-state index >= 15 is 0 Å². The maximum Gasteiger partial charge on any atom is 0.0844 e. The van der Waals surface area contributed by atoms with Crippen molar-refractivity contribution in [2.45, 2.75) is 136 Å². The predicted molar refractivity (Wildman–Crippen MR) is 131 cm³/mol. The van der Waals surface area contributed by atoms with Crippen LogP contribution in [0.3, 0.4) is 0 Å². The fourth-order valence-corrected chi connectivity index (χ4v) is 3.21. The minimum Gasteiger partial charge on any atom is -0.380 e. The Hall–Kier alpha value is -0.120. The van der Waals surface area contributed by atoms with Gasteiger partial charge in [0.15, 0.2) is 0 Å². The van der Waals surface area contributed by atoms with Gasteiger partial charge in [0.2, 0.25) is 0 Å². The minimum absolute atomic E-state index is 0. The summed E-state index contributed by atoms with van der Waals surface area (Å²) in [5.74, 6) is 0.980. The molecule has 0 aromatic carbocycles. The Kier molecular flexibility index (Phi) is 25.9. The topological polar surface area (TPSA) is 34.3 Å². The summed E-state index contributed by atoms with van der Waals surface area (Å²) < 4.78 is 15.4. The highest BCUT2D eigenvalue weighted by molar-refractivity contribution is 4.91. The van der Waals surface area contributed by atoms with Gasteiger partial charge in [-0.3, -0.25) is 0 Å². The second-order valence-corrected chi connectivity index (χ2v) is 7.36. The van der Waals surface area contributed by atoms with Gasteiger partial charge in [-0.2, -0.15) is 0 Å². The molecular weight excluding hydrogens is 348 g/mol. The molecule has 0 bridgehead atoms. The number of rotatable bonds is 4. The van der Waals surface area contributed by atoms with Gasteiger partial charge in [-0.25, -0.2) is 0 Å². The molecule has 3 saturated heterocycles. The lowest BCUT2D eigenvalue weighted by Crippen LogP contribution is -2.41. The normalized spacial score (nSPS) is 28.7. The van der Waals surface area contributed by atoms with E-state index in [1.807, 2.05) is 0 Å². The van der Waals surface area contributed by atoms with Crippen LogP contribution in [0.4, 0.5) is 0 Å². The van der Waals surface area contributed by atoms with Crippen LogP contribution >= 0.6 is 0 Å². The zero-order chi connectivity index (χ0) is 16.0. The van der Waals surface area contributed by atoms with Gasteiger partial charge >= 0.3 is 0 Å². The van der Waals surface area contributed by atoms with E-state index in [2.05, 4.69) is 27.7 Å². The highest BCUT2D eigenvalue weighted by Crippen LogP contribution is 2.40. The fourth-order valence-electron chi connectivity index (χ4n) is 3.21. The number of fused-ring (bicyclic) bond motifs is 1. The molecule has 0 amide bonds. The summed E-state index contributed by atoms with van der Waals surface area (Å²) in [6, 6.07) is 0. The van der Waals surface area contributed by atoms with Crippen LogP contribution in [-0.2, 0) is 14.2 Å². The summed E-state index contributed by atoms with van der Waals surface area (Å²) in [7, 11) is 0. The average Bonchev–Trinajstić information content (AvgIpc) is 3.41. The summed E-state index contributed by atoms with van der Waals surface area (Å²) in [6.07, 6.45) is 11.2. The highest BCUT2D eigenvalue weighted by atomic mass is 16.6. The molecule has 3 aliphatic heterocycles. The van der Waals surface area contributed by atoms with Crippen molar-refractivity contribution in [3.05, 3.63) is 0 Å². The van der Waals surface area contributed by atoms with Gasteiger partial charge in [-0.15, -0.1) is 0 Å². The molecule has 1 aliphatic carbocycles. The summed E-state index contributed by atoms with van der Waals surface area (Å²) in [5.41, 5.74) is 0.583. The van der Waals surface area contributed by atoms with Crippen LogP contribution in [0.15, 0.2) is 0 Å². The monoisotopic (exact) mass is 408 g/mol. The smallest absolute Gasteiger partial charge is 0.0844 e. The van der Waals surface area contributed by atoms with Crippen LogP contribution in [0.25, 0.3) is 0 Å². The van der Waals surface area contributed by atoms with Crippen LogP contribution in [-0.4, -0.2) is 38.1 Å². The SMILES string of the molecule is C.C.C.C.C.C.CCC1(CC)COC1.CCC1CCC2OC2C1.CCC1CO1. The van der Waals surface area contributed by atoms with Crippen LogP contribution < -0.4 is 0 Å². The van der Waals surface area contributed by atoms with Crippen molar-refractivity contribution in [3.8, 4) is 0 Å². The van der Waals surface area contributed by atoms with Crippen molar-refractivity contribution >= 4 is 0 Å². The van der Waals surface area contributed by atoms with E-state index in [1.165, 1.54) is 44.9 Å². The quantitative estimate of drug-likeness (QED) is 0.438. The number of hydrogen-bond donors (Lipinski definition) is 0. The Morgan fingerprint density at radius 2 is 1.29 bits per heavy atom. The van der Waals surface area contributed by atoms with Gasteiger partial charge in [-0.05, 0) is 44.4 Å². The van der Waals surface area contributed by atoms with Crippen LogP contribution in [0, 0.1) is 11.3 Å². The third-order valence-corrected chi connectivity index (χ3v) is 5.86. The molecule has 1 saturated carbocycles. The molecule has 4 fully saturated rings. The average molecular weight is 409 g/mol. The predicted octanol–water partition coefficient (Wildman–Crippen LogP) is 8.40. The van der Waals surface area contributed by atoms with Crippen molar-refractivity contribution in [2.75, 3.05) is 19.8 Å². The Labute approximate surface area is 181 Å². The van der Waals surface area contributed by atoms with Gasteiger partial charge < -0.3 is 14.2 Å². The van der Waals surface area contributed by atoms with Gasteiger partial charge in [0.25, 0.3) is 0 Å². The van der Waals surface area contributed by atoms with E-state index in [0.29, 0.717) is 23.7 Å². The summed E-state index contributed by atoms with van der Waals surface area (Å²) in [4.78, 5) is 0. The van der Waals surface area contributed by atoms with E-state index in [4.69, 9.17) is 14.2 Å². The molecule has 0 radical (unpaired) electrons. The number of hydrogen-bond acceptors (Lipinski definition) is 3. The first-order valence-electron chi connectivity index (χ1n) is 9.51. The molecule has 4 atom stereocenters. The molecule has 4 aliphatic rings. The van der Waals surface area contributed by atoms with Crippen molar-refractivity contribution < 1.29 is 14.2 Å². The zero-order valence-corrected chi connectivity index (χ0v) is 15.1. The summed E-state index contributed by atoms with van der Waals surface area (Å²) in [5, 5.41) is 0. The molecule has 0 spiro atoms. The first-order chi connectivity index (χ1) is 10.7. The molecule has 0 aromatic rings. The van der Waals surface area contributed by atoms with E-state index < -0.39 is 0 Å². The Morgan fingerprint density at radius 1 is 0.750 bits per heavy atom. The van der Waals surface area contributed by atoms with Crippen LogP contribution in [0.5, 0.6) is 0 Å². The molecule has 3 heteroatoms. The fraction of sp³-hybridized carbons (Fsp3) is 1.00. The van der Waals surface area contributed by atoms with Gasteiger partial charge in [0.1, 0.15) is 0 Å². The standard InChI is InChI=1S/C8H14O.C7H14O.C4H8O.6CH4/c1-2-6-3-4-7-8(5-6)9-7;1-3-7(4-2)5-8-6-7;1-2-4-3-5-4;;;;;;/h6-8H,2-5H2,1H3;3-6H2,1-2H3;4H,2-3H2,1H3;6*1H4. The molecule has 3 heterocycles. The number of ether oxygens (including phenoxy) is 3. The van der Waals surface area contributed by atoms with Gasteiger partial charge in [0.05, 0.1) is 38.1 Å². The van der Waals surface area contributed by atoms with Crippen molar-refractivity contribution in [3.63, 3.8) is 0 Å². The third kappa shape index (κ3) is 12.4. The molecule has 28 heavy (non-hydrogen) atoms. The lowest BCUT2D eigenvalue weighted by molar-refractivity contribution is -0.116. The molecule has 4 rings (SSSR count). The Bertz CT molecular complexity index is 297. The summed E-state index contributed by atoms with van der Waals surface area (Å²) in [6.45, 7) is 11.9. The van der Waals surface area contributed by atoms with E-state index in [0.717, 1.165) is 25.7 Å². The zero-order valence-electron chi connectivity index (χ0n) is 15.1. The second kappa shape index (κ2) is 18.9. The highest BCUT2D eigenvalue weighted by Gasteiger charge is 2.43. The maximum absolute atomic E-state index is 5.41. The van der Waals surface area contributed by atoms with Crippen molar-refractivity contribution in [1.82, 2.24) is 0 Å². The first kappa shape index (κ1) is 38.5. The van der Waals surface area contributed by atoms with Crippen LogP contribution in [0.1, 0.15) is 117 Å². The molecule has 0 N–H and O–H groups in total. The van der Waals surface area contributed by atoms with Crippen LogP contribution in [0.2, 0.25) is 0 Å². The third-order valence-electron chi connectivity index (χ3n) is 5.86. The first-order valence-corrected chi connectivity index (χ1v) is 9.51. The summed E-state index contributed by atoms with van der Waals surface area (Å²) >= 11 is 0. The minimum atomic E-state index is 0. The number of epoxide rings is 2. The van der Waals surface area contributed by atoms with Gasteiger partial charge in [-0.1, -0.05) is 78.7 Å². The second-order valence-electron chi connectivity index (χ2n) is 7.36. The molecule has 3 nitrogen and oxygen atoms in total. The van der Waals surface area contributed by atoms with E-state index in [1.54, 1.807) is 0 Å². The lowest BCUT2D eigenvalue weighted by Gasteiger charge is -2.39. The largest absolute Gasteiger partial charge is 0.380 e. The molecule has 0 aromatic heterocycles. The van der Waals surface area contributed by atoms with E-state index in [9.17, 15) is 0 Å².